The largest absolute Gasteiger partial charge is 0.357 e. The van der Waals surface area contributed by atoms with E-state index in [-0.39, 0.29) is 0 Å². The van der Waals surface area contributed by atoms with Gasteiger partial charge in [-0.2, -0.15) is 16.9 Å². The van der Waals surface area contributed by atoms with E-state index in [1.165, 1.54) is 17.0 Å². The second-order valence-corrected chi connectivity index (χ2v) is 8.20. The normalized spacial score (nSPS) is 19.2. The first-order valence-electron chi connectivity index (χ1n) is 9.08. The highest BCUT2D eigenvalue weighted by Crippen LogP contribution is 2.24. The molecule has 1 saturated heterocycles. The number of nitrogens with one attached hydrogen (secondary N) is 1. The van der Waals surface area contributed by atoms with Gasteiger partial charge in [0.25, 0.3) is 0 Å². The summed E-state index contributed by atoms with van der Waals surface area (Å²) in [6.07, 6.45) is 0.955. The highest BCUT2D eigenvalue weighted by molar-refractivity contribution is 8.00. The first-order valence-corrected chi connectivity index (χ1v) is 10.1. The van der Waals surface area contributed by atoms with E-state index in [1.54, 1.807) is 0 Å². The lowest BCUT2D eigenvalue weighted by Crippen LogP contribution is -2.49. The summed E-state index contributed by atoms with van der Waals surface area (Å²) in [5.74, 6) is 2.97. The van der Waals surface area contributed by atoms with Gasteiger partial charge in [-0.25, -0.2) is 0 Å². The minimum atomic E-state index is 0.699. The van der Waals surface area contributed by atoms with Crippen LogP contribution in [0.2, 0.25) is 0 Å². The molecule has 1 atom stereocenters. The topological polar surface area (TPSA) is 45.5 Å². The highest BCUT2D eigenvalue weighted by Gasteiger charge is 2.24. The summed E-state index contributed by atoms with van der Waals surface area (Å²) in [5.41, 5.74) is 3.72. The summed E-state index contributed by atoms with van der Waals surface area (Å²) in [4.78, 5) is 7.34. The van der Waals surface area contributed by atoms with Gasteiger partial charge in [0, 0.05) is 49.9 Å². The number of aliphatic imine (C=N–C) groups is 1. The highest BCUT2D eigenvalue weighted by atomic mass is 32.2. The molecule has 24 heavy (non-hydrogen) atoms. The van der Waals surface area contributed by atoms with Gasteiger partial charge >= 0.3 is 0 Å². The maximum atomic E-state index is 4.90. The van der Waals surface area contributed by atoms with E-state index >= 15 is 0 Å². The quantitative estimate of drug-likeness (QED) is 0.654. The van der Waals surface area contributed by atoms with Gasteiger partial charge in [-0.05, 0) is 38.7 Å². The van der Waals surface area contributed by atoms with E-state index < -0.39 is 0 Å². The average Bonchev–Trinajstić information content (AvgIpc) is 2.80. The van der Waals surface area contributed by atoms with Gasteiger partial charge in [0.15, 0.2) is 5.96 Å². The summed E-state index contributed by atoms with van der Waals surface area (Å²) in [7, 11) is 2.01. The zero-order valence-corrected chi connectivity index (χ0v) is 16.9. The van der Waals surface area contributed by atoms with Crippen molar-refractivity contribution in [2.24, 2.45) is 18.0 Å². The number of guanidine groups is 1. The Kier molecular flexibility index (Phi) is 7.02. The fraction of sp³-hybridized carbons (Fsp3) is 0.778. The van der Waals surface area contributed by atoms with Crippen LogP contribution in [-0.4, -0.2) is 57.8 Å². The predicted octanol–water partition coefficient (Wildman–Crippen LogP) is 2.62. The SMILES string of the molecule is CCNC(=NCCc1c(C)nn(C)c1C)N1CCSC(C(C)C)C1. The second-order valence-electron chi connectivity index (χ2n) is 6.86. The van der Waals surface area contributed by atoms with Crippen molar-refractivity contribution in [3.8, 4) is 0 Å². The van der Waals surface area contributed by atoms with E-state index in [1.807, 2.05) is 11.7 Å². The molecule has 2 heterocycles. The molecule has 6 heteroatoms. The molecule has 1 aromatic heterocycles. The summed E-state index contributed by atoms with van der Waals surface area (Å²) in [6.45, 7) is 14.9. The summed E-state index contributed by atoms with van der Waals surface area (Å²) in [5, 5.41) is 8.68. The Morgan fingerprint density at radius 1 is 1.42 bits per heavy atom. The van der Waals surface area contributed by atoms with E-state index in [9.17, 15) is 0 Å². The fourth-order valence-corrected chi connectivity index (χ4v) is 4.45. The number of nitrogens with zero attached hydrogens (tertiary/aromatic N) is 4. The number of aromatic nitrogens is 2. The molecular formula is C18H33N5S. The third-order valence-electron chi connectivity index (χ3n) is 4.75. The lowest BCUT2D eigenvalue weighted by atomic mass is 10.1. The van der Waals surface area contributed by atoms with Crippen molar-refractivity contribution < 1.29 is 0 Å². The Labute approximate surface area is 151 Å². The molecule has 0 aromatic carbocycles. The van der Waals surface area contributed by atoms with Crippen LogP contribution in [-0.2, 0) is 13.5 Å². The van der Waals surface area contributed by atoms with Crippen molar-refractivity contribution in [1.29, 1.82) is 0 Å². The van der Waals surface area contributed by atoms with Gasteiger partial charge in [0.05, 0.1) is 5.69 Å². The van der Waals surface area contributed by atoms with Gasteiger partial charge in [0.2, 0.25) is 0 Å². The van der Waals surface area contributed by atoms with E-state index in [0.29, 0.717) is 11.2 Å². The van der Waals surface area contributed by atoms with E-state index in [4.69, 9.17) is 4.99 Å². The van der Waals surface area contributed by atoms with Gasteiger partial charge in [-0.15, -0.1) is 0 Å². The molecule has 0 amide bonds. The molecule has 5 nitrogen and oxygen atoms in total. The molecule has 0 aliphatic carbocycles. The Morgan fingerprint density at radius 3 is 2.75 bits per heavy atom. The third kappa shape index (κ3) is 4.68. The third-order valence-corrected chi connectivity index (χ3v) is 6.29. The first kappa shape index (κ1) is 19.2. The lowest BCUT2D eigenvalue weighted by molar-refractivity contribution is 0.381. The number of hydrogen-bond acceptors (Lipinski definition) is 3. The van der Waals surface area contributed by atoms with Crippen LogP contribution in [0.1, 0.15) is 37.7 Å². The van der Waals surface area contributed by atoms with E-state index in [0.717, 1.165) is 44.3 Å². The average molecular weight is 352 g/mol. The minimum Gasteiger partial charge on any atom is -0.357 e. The molecule has 136 valence electrons. The standard InChI is InChI=1S/C18H33N5S/c1-7-19-18(23-10-11-24-17(12-23)13(2)3)20-9-8-16-14(4)21-22(6)15(16)5/h13,17H,7-12H2,1-6H3,(H,19,20). The van der Waals surface area contributed by atoms with Crippen LogP contribution in [0.4, 0.5) is 0 Å². The van der Waals surface area contributed by atoms with Crippen LogP contribution in [0.25, 0.3) is 0 Å². The number of thioether (sulfide) groups is 1. The Hall–Kier alpha value is -1.17. The zero-order valence-electron chi connectivity index (χ0n) is 16.1. The Bertz CT molecular complexity index is 564. The molecule has 2 rings (SSSR count). The molecule has 0 spiro atoms. The van der Waals surface area contributed by atoms with Crippen molar-refractivity contribution in [3.63, 3.8) is 0 Å². The van der Waals surface area contributed by atoms with Crippen molar-refractivity contribution in [3.05, 3.63) is 17.0 Å². The molecule has 1 fully saturated rings. The van der Waals surface area contributed by atoms with Crippen LogP contribution < -0.4 is 5.32 Å². The smallest absolute Gasteiger partial charge is 0.193 e. The summed E-state index contributed by atoms with van der Waals surface area (Å²) in [6, 6.07) is 0. The van der Waals surface area contributed by atoms with Crippen molar-refractivity contribution >= 4 is 17.7 Å². The van der Waals surface area contributed by atoms with Crippen LogP contribution in [0.15, 0.2) is 4.99 Å². The van der Waals surface area contributed by atoms with Crippen molar-refractivity contribution in [1.82, 2.24) is 20.0 Å². The molecule has 0 saturated carbocycles. The molecule has 1 N–H and O–H groups in total. The van der Waals surface area contributed by atoms with Gasteiger partial charge in [-0.3, -0.25) is 9.67 Å². The molecule has 1 aliphatic heterocycles. The maximum absolute atomic E-state index is 4.90. The fourth-order valence-electron chi connectivity index (χ4n) is 3.15. The van der Waals surface area contributed by atoms with Crippen LogP contribution in [0.5, 0.6) is 0 Å². The van der Waals surface area contributed by atoms with Gasteiger partial charge < -0.3 is 10.2 Å². The molecule has 0 bridgehead atoms. The number of hydrogen-bond donors (Lipinski definition) is 1. The van der Waals surface area contributed by atoms with Gasteiger partial charge in [0.1, 0.15) is 0 Å². The summed E-state index contributed by atoms with van der Waals surface area (Å²) >= 11 is 2.10. The van der Waals surface area contributed by atoms with Crippen molar-refractivity contribution in [2.45, 2.75) is 46.3 Å². The number of aryl methyl sites for hydroxylation is 2. The molecule has 1 unspecified atom stereocenters. The van der Waals surface area contributed by atoms with Crippen LogP contribution >= 0.6 is 11.8 Å². The van der Waals surface area contributed by atoms with Gasteiger partial charge in [-0.1, -0.05) is 13.8 Å². The molecule has 0 radical (unpaired) electrons. The first-order chi connectivity index (χ1) is 11.4. The predicted molar refractivity (Wildman–Crippen MR) is 105 cm³/mol. The van der Waals surface area contributed by atoms with Crippen molar-refractivity contribution in [2.75, 3.05) is 31.9 Å². The maximum Gasteiger partial charge on any atom is 0.193 e. The molecule has 1 aliphatic rings. The summed E-state index contributed by atoms with van der Waals surface area (Å²) < 4.78 is 1.97. The lowest BCUT2D eigenvalue weighted by Gasteiger charge is -2.36. The number of rotatable bonds is 5. The van der Waals surface area contributed by atoms with E-state index in [2.05, 4.69) is 61.7 Å². The molecule has 1 aromatic rings. The monoisotopic (exact) mass is 351 g/mol. The van der Waals surface area contributed by atoms with Crippen LogP contribution in [0.3, 0.4) is 0 Å². The Balaban J connectivity index is 2.02. The Morgan fingerprint density at radius 2 is 2.17 bits per heavy atom. The minimum absolute atomic E-state index is 0.699. The van der Waals surface area contributed by atoms with Crippen LogP contribution in [0, 0.1) is 19.8 Å². The zero-order chi connectivity index (χ0) is 17.7. The second kappa shape index (κ2) is 8.79. The molecular weight excluding hydrogens is 318 g/mol.